The Morgan fingerprint density at radius 3 is 2.95 bits per heavy atom. The number of thioether (sulfide) groups is 1. The molecule has 0 atom stereocenters. The Morgan fingerprint density at radius 2 is 2.30 bits per heavy atom. The average Bonchev–Trinajstić information content (AvgIpc) is 3.06. The number of amides is 1. The van der Waals surface area contributed by atoms with Crippen LogP contribution in [0.3, 0.4) is 0 Å². The van der Waals surface area contributed by atoms with Gasteiger partial charge in [0.2, 0.25) is 5.91 Å². The van der Waals surface area contributed by atoms with Crippen LogP contribution in [-0.2, 0) is 4.79 Å². The third kappa shape index (κ3) is 2.84. The van der Waals surface area contributed by atoms with Crippen molar-refractivity contribution >= 4 is 23.5 Å². The van der Waals surface area contributed by atoms with E-state index in [0.29, 0.717) is 17.6 Å². The van der Waals surface area contributed by atoms with E-state index in [1.165, 1.54) is 11.8 Å². The molecule has 1 saturated carbocycles. The number of aromatic nitrogens is 4. The lowest BCUT2D eigenvalue weighted by Gasteiger charge is -2.05. The first kappa shape index (κ1) is 13.2. The third-order valence-electron chi connectivity index (χ3n) is 2.97. The lowest BCUT2D eigenvalue weighted by Crippen LogP contribution is -2.14. The average molecular weight is 293 g/mol. The number of hydrogen-bond donors (Lipinski definition) is 1. The van der Waals surface area contributed by atoms with Gasteiger partial charge in [0.25, 0.3) is 0 Å². The van der Waals surface area contributed by atoms with Crippen LogP contribution in [0.1, 0.15) is 30.5 Å². The number of nitrogens with zero attached hydrogens (tertiary/aromatic N) is 4. The summed E-state index contributed by atoms with van der Waals surface area (Å²) < 4.78 is 7.00. The Balaban J connectivity index is 1.58. The van der Waals surface area contributed by atoms with Gasteiger partial charge in [-0.1, -0.05) is 16.9 Å². The van der Waals surface area contributed by atoms with Crippen LogP contribution in [0.25, 0.3) is 0 Å². The van der Waals surface area contributed by atoms with E-state index in [9.17, 15) is 4.79 Å². The predicted molar refractivity (Wildman–Crippen MR) is 73.6 cm³/mol. The molecule has 0 unspecified atom stereocenters. The first-order chi connectivity index (χ1) is 9.63. The second-order valence-electron chi connectivity index (χ2n) is 4.79. The fourth-order valence-electron chi connectivity index (χ4n) is 1.94. The molecule has 0 radical (unpaired) electrons. The number of carbonyl (C=O) groups is 1. The zero-order chi connectivity index (χ0) is 14.1. The summed E-state index contributed by atoms with van der Waals surface area (Å²) in [5.41, 5.74) is 0. The first-order valence-electron chi connectivity index (χ1n) is 6.41. The summed E-state index contributed by atoms with van der Waals surface area (Å²) >= 11 is 1.39. The molecule has 1 N–H and O–H groups in total. The zero-order valence-electron chi connectivity index (χ0n) is 11.3. The summed E-state index contributed by atoms with van der Waals surface area (Å²) in [6, 6.07) is 2.19. The zero-order valence-corrected chi connectivity index (χ0v) is 12.1. The SMILES string of the molecule is Cc1cc(NC(=O)CSc2nnc(C)n2C2CC2)no1. The van der Waals surface area contributed by atoms with Gasteiger partial charge in [0.1, 0.15) is 11.6 Å². The Bertz CT molecular complexity index is 632. The molecule has 0 spiro atoms. The minimum Gasteiger partial charge on any atom is -0.360 e. The quantitative estimate of drug-likeness (QED) is 0.848. The first-order valence-corrected chi connectivity index (χ1v) is 7.39. The molecule has 0 bridgehead atoms. The van der Waals surface area contributed by atoms with Crippen molar-refractivity contribution in [2.24, 2.45) is 0 Å². The summed E-state index contributed by atoms with van der Waals surface area (Å²) in [5, 5.41) is 15.4. The smallest absolute Gasteiger partial charge is 0.236 e. The molecule has 1 aliphatic rings. The maximum Gasteiger partial charge on any atom is 0.236 e. The van der Waals surface area contributed by atoms with Crippen LogP contribution in [0.4, 0.5) is 5.82 Å². The van der Waals surface area contributed by atoms with Crippen molar-refractivity contribution in [1.29, 1.82) is 0 Å². The van der Waals surface area contributed by atoms with Gasteiger partial charge in [-0.05, 0) is 26.7 Å². The topological polar surface area (TPSA) is 85.8 Å². The molecule has 1 fully saturated rings. The minimum absolute atomic E-state index is 0.133. The maximum absolute atomic E-state index is 11.8. The largest absolute Gasteiger partial charge is 0.360 e. The highest BCUT2D eigenvalue weighted by atomic mass is 32.2. The van der Waals surface area contributed by atoms with Crippen LogP contribution >= 0.6 is 11.8 Å². The molecule has 106 valence electrons. The van der Waals surface area contributed by atoms with Gasteiger partial charge < -0.3 is 14.4 Å². The third-order valence-corrected chi connectivity index (χ3v) is 3.92. The molecule has 0 aliphatic heterocycles. The molecule has 2 heterocycles. The lowest BCUT2D eigenvalue weighted by molar-refractivity contribution is -0.113. The molecule has 3 rings (SSSR count). The van der Waals surface area contributed by atoms with Crippen molar-refractivity contribution in [1.82, 2.24) is 19.9 Å². The molecule has 2 aromatic heterocycles. The molecule has 0 aromatic carbocycles. The van der Waals surface area contributed by atoms with Gasteiger partial charge in [0.05, 0.1) is 5.75 Å². The molecular formula is C12H15N5O2S. The summed E-state index contributed by atoms with van der Waals surface area (Å²) in [6.07, 6.45) is 2.33. The van der Waals surface area contributed by atoms with Crippen LogP contribution < -0.4 is 5.32 Å². The highest BCUT2D eigenvalue weighted by Crippen LogP contribution is 2.38. The molecule has 8 heteroatoms. The van der Waals surface area contributed by atoms with Gasteiger partial charge in [-0.15, -0.1) is 10.2 Å². The fraction of sp³-hybridized carbons (Fsp3) is 0.500. The van der Waals surface area contributed by atoms with E-state index in [1.54, 1.807) is 13.0 Å². The van der Waals surface area contributed by atoms with E-state index in [1.807, 2.05) is 6.92 Å². The number of anilines is 1. The Kier molecular flexibility index (Phi) is 3.47. The summed E-state index contributed by atoms with van der Waals surface area (Å²) in [4.78, 5) is 11.8. The van der Waals surface area contributed by atoms with Crippen LogP contribution in [0.5, 0.6) is 0 Å². The van der Waals surface area contributed by atoms with Crippen molar-refractivity contribution in [3.63, 3.8) is 0 Å². The summed E-state index contributed by atoms with van der Waals surface area (Å²) in [7, 11) is 0. The molecule has 1 amide bonds. The van der Waals surface area contributed by atoms with E-state index >= 15 is 0 Å². The van der Waals surface area contributed by atoms with Gasteiger partial charge >= 0.3 is 0 Å². The van der Waals surface area contributed by atoms with Crippen LogP contribution in [0.2, 0.25) is 0 Å². The maximum atomic E-state index is 11.8. The van der Waals surface area contributed by atoms with E-state index in [4.69, 9.17) is 4.52 Å². The van der Waals surface area contributed by atoms with Gasteiger partial charge in [0, 0.05) is 12.1 Å². The van der Waals surface area contributed by atoms with Gasteiger partial charge in [0.15, 0.2) is 11.0 Å². The Morgan fingerprint density at radius 1 is 1.50 bits per heavy atom. The Labute approximate surface area is 120 Å². The van der Waals surface area contributed by atoms with Crippen molar-refractivity contribution in [2.45, 2.75) is 37.9 Å². The van der Waals surface area contributed by atoms with Crippen molar-refractivity contribution in [3.8, 4) is 0 Å². The van der Waals surface area contributed by atoms with E-state index in [2.05, 4.69) is 25.2 Å². The number of rotatable bonds is 5. The number of aryl methyl sites for hydroxylation is 2. The molecular weight excluding hydrogens is 278 g/mol. The molecule has 7 nitrogen and oxygen atoms in total. The van der Waals surface area contributed by atoms with E-state index in [0.717, 1.165) is 23.8 Å². The van der Waals surface area contributed by atoms with Crippen molar-refractivity contribution in [2.75, 3.05) is 11.1 Å². The van der Waals surface area contributed by atoms with Gasteiger partial charge in [-0.3, -0.25) is 4.79 Å². The molecule has 0 saturated heterocycles. The second kappa shape index (κ2) is 5.28. The molecule has 1 aliphatic carbocycles. The normalized spacial score (nSPS) is 14.5. The van der Waals surface area contributed by atoms with E-state index in [-0.39, 0.29) is 11.7 Å². The van der Waals surface area contributed by atoms with Crippen molar-refractivity contribution < 1.29 is 9.32 Å². The van der Waals surface area contributed by atoms with Crippen LogP contribution in [-0.4, -0.2) is 31.6 Å². The predicted octanol–water partition coefficient (Wildman–Crippen LogP) is 1.95. The number of hydrogen-bond acceptors (Lipinski definition) is 6. The van der Waals surface area contributed by atoms with Crippen LogP contribution in [0, 0.1) is 13.8 Å². The standard InChI is InChI=1S/C12H15N5O2S/c1-7-5-10(16-19-7)13-11(18)6-20-12-15-14-8(2)17(12)9-3-4-9/h5,9H,3-4,6H2,1-2H3,(H,13,16,18). The fourth-order valence-corrected chi connectivity index (χ4v) is 2.79. The molecule has 20 heavy (non-hydrogen) atoms. The lowest BCUT2D eigenvalue weighted by atomic mass is 10.5. The second-order valence-corrected chi connectivity index (χ2v) is 5.73. The number of carbonyl (C=O) groups excluding carboxylic acids is 1. The molecule has 2 aromatic rings. The summed E-state index contributed by atoms with van der Waals surface area (Å²) in [6.45, 7) is 3.71. The van der Waals surface area contributed by atoms with E-state index < -0.39 is 0 Å². The summed E-state index contributed by atoms with van der Waals surface area (Å²) in [5.74, 6) is 2.15. The monoisotopic (exact) mass is 293 g/mol. The van der Waals surface area contributed by atoms with Crippen molar-refractivity contribution in [3.05, 3.63) is 17.7 Å². The van der Waals surface area contributed by atoms with Crippen LogP contribution in [0.15, 0.2) is 15.7 Å². The van der Waals surface area contributed by atoms with Gasteiger partial charge in [-0.2, -0.15) is 0 Å². The number of nitrogens with one attached hydrogen (secondary N) is 1. The highest BCUT2D eigenvalue weighted by Gasteiger charge is 2.28. The van der Waals surface area contributed by atoms with Gasteiger partial charge in [-0.25, -0.2) is 0 Å². The highest BCUT2D eigenvalue weighted by molar-refractivity contribution is 7.99. The minimum atomic E-state index is -0.133. The Hall–Kier alpha value is -1.83.